The van der Waals surface area contributed by atoms with Crippen LogP contribution in [0.4, 0.5) is 5.00 Å². The Balaban J connectivity index is 1.70. The van der Waals surface area contributed by atoms with Crippen LogP contribution in [-0.2, 0) is 0 Å². The van der Waals surface area contributed by atoms with Gasteiger partial charge in [0, 0.05) is 32.4 Å². The molecule has 118 valence electrons. The zero-order valence-corrected chi connectivity index (χ0v) is 13.4. The molecule has 1 aliphatic rings. The first kappa shape index (κ1) is 15.2. The Labute approximate surface area is 137 Å². The first-order valence-electron chi connectivity index (χ1n) is 7.16. The first-order chi connectivity index (χ1) is 11.1. The average Bonchev–Trinajstić information content (AvgIpc) is 2.95. The molecule has 23 heavy (non-hydrogen) atoms. The molecule has 2 aromatic rings. The summed E-state index contributed by atoms with van der Waals surface area (Å²) in [6.07, 6.45) is 1.49. The van der Waals surface area contributed by atoms with Gasteiger partial charge in [-0.2, -0.15) is 9.64 Å². The van der Waals surface area contributed by atoms with E-state index in [1.165, 1.54) is 23.8 Å². The highest BCUT2D eigenvalue weighted by Gasteiger charge is 2.27. The highest BCUT2D eigenvalue weighted by Crippen LogP contribution is 2.29. The van der Waals surface area contributed by atoms with Gasteiger partial charge in [0.15, 0.2) is 5.69 Å². The van der Waals surface area contributed by atoms with E-state index in [-0.39, 0.29) is 17.4 Å². The smallest absolute Gasteiger partial charge is 0.276 e. The van der Waals surface area contributed by atoms with Crippen molar-refractivity contribution in [3.63, 3.8) is 0 Å². The predicted molar refractivity (Wildman–Crippen MR) is 85.6 cm³/mol. The number of anilines is 1. The number of piperazine rings is 1. The lowest BCUT2D eigenvalue weighted by Crippen LogP contribution is -2.49. The molecule has 0 saturated carbocycles. The number of hydrogen-bond acceptors (Lipinski definition) is 7. The minimum Gasteiger partial charge on any atom is -0.505 e. The van der Waals surface area contributed by atoms with E-state index in [0.29, 0.717) is 31.7 Å². The summed E-state index contributed by atoms with van der Waals surface area (Å²) in [6, 6.07) is 5.23. The zero-order valence-electron chi connectivity index (χ0n) is 12.6. The van der Waals surface area contributed by atoms with E-state index in [1.54, 1.807) is 11.0 Å². The maximum absolute atomic E-state index is 12.4. The average molecular weight is 329 g/mol. The molecule has 0 bridgehead atoms. The largest absolute Gasteiger partial charge is 0.505 e. The van der Waals surface area contributed by atoms with Gasteiger partial charge in [-0.05, 0) is 30.6 Å². The normalized spacial score (nSPS) is 14.6. The molecule has 0 unspecified atom stereocenters. The number of nitrogens with zero attached hydrogens (tertiary/aromatic N) is 5. The number of rotatable bonds is 2. The van der Waals surface area contributed by atoms with Crippen molar-refractivity contribution in [2.75, 3.05) is 31.1 Å². The molecule has 8 heteroatoms. The van der Waals surface area contributed by atoms with Crippen molar-refractivity contribution < 1.29 is 9.90 Å². The van der Waals surface area contributed by atoms with Gasteiger partial charge in [0.1, 0.15) is 22.4 Å². The van der Waals surface area contributed by atoms with Crippen molar-refractivity contribution in [3.05, 3.63) is 35.3 Å². The van der Waals surface area contributed by atoms with Crippen LogP contribution in [0.5, 0.6) is 5.75 Å². The first-order valence-corrected chi connectivity index (χ1v) is 7.93. The molecule has 3 rings (SSSR count). The van der Waals surface area contributed by atoms with Gasteiger partial charge in [0.25, 0.3) is 5.91 Å². The van der Waals surface area contributed by atoms with Crippen LogP contribution in [0, 0.1) is 18.3 Å². The van der Waals surface area contributed by atoms with Gasteiger partial charge in [-0.25, -0.2) is 4.98 Å². The van der Waals surface area contributed by atoms with E-state index in [4.69, 9.17) is 0 Å². The van der Waals surface area contributed by atoms with Crippen molar-refractivity contribution in [2.45, 2.75) is 6.92 Å². The number of amides is 1. The maximum Gasteiger partial charge on any atom is 0.276 e. The fourth-order valence-electron chi connectivity index (χ4n) is 2.53. The molecule has 0 spiro atoms. The molecule has 1 aliphatic heterocycles. The quantitative estimate of drug-likeness (QED) is 0.895. The number of pyridine rings is 1. The highest BCUT2D eigenvalue weighted by molar-refractivity contribution is 7.10. The van der Waals surface area contributed by atoms with Crippen LogP contribution in [0.2, 0.25) is 0 Å². The Morgan fingerprint density at radius 2 is 2.13 bits per heavy atom. The lowest BCUT2D eigenvalue weighted by atomic mass is 10.2. The third kappa shape index (κ3) is 2.83. The highest BCUT2D eigenvalue weighted by atomic mass is 32.1. The van der Waals surface area contributed by atoms with Crippen LogP contribution in [0.3, 0.4) is 0 Å². The Hall–Kier alpha value is -2.66. The van der Waals surface area contributed by atoms with Crippen LogP contribution in [0.1, 0.15) is 21.7 Å². The molecule has 2 aromatic heterocycles. The van der Waals surface area contributed by atoms with E-state index in [0.717, 1.165) is 10.7 Å². The fraction of sp³-hybridized carbons (Fsp3) is 0.333. The minimum atomic E-state index is -0.274. The zero-order chi connectivity index (χ0) is 16.4. The van der Waals surface area contributed by atoms with Gasteiger partial charge < -0.3 is 14.9 Å². The standard InChI is InChI=1S/C15H15N5O2S/c1-10-11(9-16)15(23-18-10)20-7-5-19(6-8-20)14(22)13-12(21)3-2-4-17-13/h2-4,21H,5-8H2,1H3. The molecule has 7 nitrogen and oxygen atoms in total. The second-order valence-corrected chi connectivity index (χ2v) is 5.96. The number of carbonyl (C=O) groups is 1. The minimum absolute atomic E-state index is 0.0762. The molecule has 1 amide bonds. The number of carbonyl (C=O) groups excluding carboxylic acids is 1. The maximum atomic E-state index is 12.4. The topological polar surface area (TPSA) is 93.3 Å². The van der Waals surface area contributed by atoms with Gasteiger partial charge >= 0.3 is 0 Å². The molecule has 1 N–H and O–H groups in total. The van der Waals surface area contributed by atoms with E-state index in [2.05, 4.69) is 20.3 Å². The summed E-state index contributed by atoms with van der Waals surface area (Å²) in [5.41, 5.74) is 1.42. The Kier molecular flexibility index (Phi) is 4.12. The molecule has 0 radical (unpaired) electrons. The second-order valence-electron chi connectivity index (χ2n) is 5.21. The van der Waals surface area contributed by atoms with Crippen molar-refractivity contribution in [1.29, 1.82) is 5.26 Å². The van der Waals surface area contributed by atoms with Crippen molar-refractivity contribution in [2.24, 2.45) is 0 Å². The number of hydrogen-bond donors (Lipinski definition) is 1. The Bertz CT molecular complexity index is 774. The van der Waals surface area contributed by atoms with Crippen LogP contribution in [-0.4, -0.2) is 51.5 Å². The van der Waals surface area contributed by atoms with Gasteiger partial charge in [-0.15, -0.1) is 0 Å². The summed E-state index contributed by atoms with van der Waals surface area (Å²) >= 11 is 1.31. The third-order valence-corrected chi connectivity index (χ3v) is 4.80. The van der Waals surface area contributed by atoms with Crippen LogP contribution < -0.4 is 4.90 Å². The summed E-state index contributed by atoms with van der Waals surface area (Å²) in [5.74, 6) is -0.381. The van der Waals surface area contributed by atoms with Gasteiger partial charge in [-0.3, -0.25) is 4.79 Å². The summed E-state index contributed by atoms with van der Waals surface area (Å²) < 4.78 is 4.23. The molecule has 0 aliphatic carbocycles. The molecular weight excluding hydrogens is 314 g/mol. The predicted octanol–water partition coefficient (Wildman–Crippen LogP) is 1.39. The number of nitriles is 1. The SMILES string of the molecule is Cc1nsc(N2CCN(C(=O)c3ncccc3O)CC2)c1C#N. The molecule has 0 aromatic carbocycles. The molecular formula is C15H15N5O2S. The van der Waals surface area contributed by atoms with E-state index in [9.17, 15) is 15.2 Å². The van der Waals surface area contributed by atoms with Crippen LogP contribution >= 0.6 is 11.5 Å². The van der Waals surface area contributed by atoms with Crippen LogP contribution in [0.15, 0.2) is 18.3 Å². The molecule has 1 saturated heterocycles. The van der Waals surface area contributed by atoms with Gasteiger partial charge in [-0.1, -0.05) is 0 Å². The van der Waals surface area contributed by atoms with Crippen LogP contribution in [0.25, 0.3) is 0 Å². The Morgan fingerprint density at radius 3 is 2.78 bits per heavy atom. The number of aryl methyl sites for hydroxylation is 1. The number of aromatic hydroxyl groups is 1. The molecule has 0 atom stereocenters. The monoisotopic (exact) mass is 329 g/mol. The number of aromatic nitrogens is 2. The van der Waals surface area contributed by atoms with Crippen molar-refractivity contribution >= 4 is 22.4 Å². The van der Waals surface area contributed by atoms with Gasteiger partial charge in [0.2, 0.25) is 0 Å². The second kappa shape index (κ2) is 6.22. The summed E-state index contributed by atoms with van der Waals surface area (Å²) in [7, 11) is 0. The summed E-state index contributed by atoms with van der Waals surface area (Å²) in [4.78, 5) is 20.1. The van der Waals surface area contributed by atoms with E-state index in [1.807, 2.05) is 6.92 Å². The summed E-state index contributed by atoms with van der Waals surface area (Å²) in [5, 5.41) is 19.8. The third-order valence-electron chi connectivity index (χ3n) is 3.80. The summed E-state index contributed by atoms with van der Waals surface area (Å²) in [6.45, 7) is 4.08. The molecule has 3 heterocycles. The lowest BCUT2D eigenvalue weighted by Gasteiger charge is -2.35. The van der Waals surface area contributed by atoms with Crippen molar-refractivity contribution in [3.8, 4) is 11.8 Å². The molecule has 1 fully saturated rings. The van der Waals surface area contributed by atoms with E-state index >= 15 is 0 Å². The lowest BCUT2D eigenvalue weighted by molar-refractivity contribution is 0.0737. The van der Waals surface area contributed by atoms with E-state index < -0.39 is 0 Å². The fourth-order valence-corrected chi connectivity index (χ4v) is 3.42. The van der Waals surface area contributed by atoms with Gasteiger partial charge in [0.05, 0.1) is 5.69 Å². The Morgan fingerprint density at radius 1 is 1.39 bits per heavy atom. The van der Waals surface area contributed by atoms with Crippen molar-refractivity contribution in [1.82, 2.24) is 14.3 Å².